The summed E-state index contributed by atoms with van der Waals surface area (Å²) in [5.74, 6) is 0.579. The first-order chi connectivity index (χ1) is 9.31. The second kappa shape index (κ2) is 7.44. The molecule has 0 aliphatic carbocycles. The van der Waals surface area contributed by atoms with Gasteiger partial charge in [-0.3, -0.25) is 4.40 Å². The van der Waals surface area contributed by atoms with Crippen LogP contribution in [0.1, 0.15) is 0 Å². The Morgan fingerprint density at radius 1 is 1.47 bits per heavy atom. The van der Waals surface area contributed by atoms with Gasteiger partial charge in [0.05, 0.1) is 12.7 Å². The molecule has 19 heavy (non-hydrogen) atoms. The van der Waals surface area contributed by atoms with E-state index >= 15 is 0 Å². The molecule has 2 aromatic rings. The minimum Gasteiger partial charge on any atom is -0.391 e. The number of pyridine rings is 1. The molecule has 2 N–H and O–H groups in total. The van der Waals surface area contributed by atoms with Crippen LogP contribution in [0.4, 0.5) is 0 Å². The van der Waals surface area contributed by atoms with E-state index in [9.17, 15) is 5.11 Å². The normalized spacial score (nSPS) is 12.9. The Balaban J connectivity index is 1.78. The van der Waals surface area contributed by atoms with Crippen molar-refractivity contribution in [3.05, 3.63) is 24.4 Å². The lowest BCUT2D eigenvalue weighted by Gasteiger charge is -2.10. The fraction of sp³-hybridized carbons (Fsp3) is 0.500. The zero-order chi connectivity index (χ0) is 13.5. The standard InChI is InChI=1S/C12H18N4O2S/c1-18-7-5-13-8-10(17)9-19-12-15-14-11-4-2-3-6-16(11)12/h2-4,6,10,13,17H,5,7-9H2,1H3. The molecule has 2 rings (SSSR count). The van der Waals surface area contributed by atoms with E-state index in [2.05, 4.69) is 15.5 Å². The topological polar surface area (TPSA) is 71.7 Å². The molecule has 0 aliphatic rings. The lowest BCUT2D eigenvalue weighted by molar-refractivity contribution is 0.175. The summed E-state index contributed by atoms with van der Waals surface area (Å²) in [6.07, 6.45) is 1.50. The number of hydrogen-bond donors (Lipinski definition) is 2. The number of nitrogens with one attached hydrogen (secondary N) is 1. The minimum absolute atomic E-state index is 0.419. The number of aromatic nitrogens is 3. The fourth-order valence-electron chi connectivity index (χ4n) is 1.59. The SMILES string of the molecule is COCCNCC(O)CSc1nnc2ccccn12. The van der Waals surface area contributed by atoms with E-state index in [1.165, 1.54) is 11.8 Å². The maximum Gasteiger partial charge on any atom is 0.195 e. The lowest BCUT2D eigenvalue weighted by atomic mass is 10.4. The molecule has 1 atom stereocenters. The molecule has 2 heterocycles. The molecule has 0 amide bonds. The summed E-state index contributed by atoms with van der Waals surface area (Å²) in [6, 6.07) is 5.76. The van der Waals surface area contributed by atoms with Crippen LogP contribution in [-0.4, -0.2) is 58.4 Å². The molecular formula is C12H18N4O2S. The van der Waals surface area contributed by atoms with Crippen molar-refractivity contribution in [1.82, 2.24) is 19.9 Å². The van der Waals surface area contributed by atoms with Gasteiger partial charge in [-0.2, -0.15) is 0 Å². The van der Waals surface area contributed by atoms with Crippen LogP contribution in [0, 0.1) is 0 Å². The summed E-state index contributed by atoms with van der Waals surface area (Å²) >= 11 is 1.50. The third-order valence-corrected chi connectivity index (χ3v) is 3.64. The molecule has 0 spiro atoms. The molecular weight excluding hydrogens is 264 g/mol. The largest absolute Gasteiger partial charge is 0.391 e. The van der Waals surface area contributed by atoms with Crippen molar-refractivity contribution >= 4 is 17.4 Å². The van der Waals surface area contributed by atoms with E-state index in [1.807, 2.05) is 28.8 Å². The third-order valence-electron chi connectivity index (χ3n) is 2.55. The summed E-state index contributed by atoms with van der Waals surface area (Å²) in [4.78, 5) is 0. The number of aliphatic hydroxyl groups excluding tert-OH is 1. The predicted octanol–water partition coefficient (Wildman–Crippen LogP) is 0.418. The Bertz CT molecular complexity index is 505. The van der Waals surface area contributed by atoms with E-state index in [-0.39, 0.29) is 0 Å². The van der Waals surface area contributed by atoms with Gasteiger partial charge >= 0.3 is 0 Å². The zero-order valence-electron chi connectivity index (χ0n) is 10.8. The van der Waals surface area contributed by atoms with Gasteiger partial charge in [-0.25, -0.2) is 0 Å². The van der Waals surface area contributed by atoms with Crippen molar-refractivity contribution in [2.45, 2.75) is 11.3 Å². The average molecular weight is 282 g/mol. The van der Waals surface area contributed by atoms with Crippen LogP contribution in [0.25, 0.3) is 5.65 Å². The van der Waals surface area contributed by atoms with Crippen molar-refractivity contribution < 1.29 is 9.84 Å². The van der Waals surface area contributed by atoms with Gasteiger partial charge in [-0.05, 0) is 12.1 Å². The van der Waals surface area contributed by atoms with E-state index < -0.39 is 6.10 Å². The zero-order valence-corrected chi connectivity index (χ0v) is 11.6. The van der Waals surface area contributed by atoms with Crippen molar-refractivity contribution in [3.8, 4) is 0 Å². The molecule has 0 fully saturated rings. The fourth-order valence-corrected chi connectivity index (χ4v) is 2.44. The molecule has 0 aliphatic heterocycles. The van der Waals surface area contributed by atoms with Crippen molar-refractivity contribution in [2.75, 3.05) is 32.6 Å². The molecule has 0 saturated heterocycles. The van der Waals surface area contributed by atoms with Crippen LogP contribution in [0.15, 0.2) is 29.6 Å². The van der Waals surface area contributed by atoms with Gasteiger partial charge in [0.2, 0.25) is 0 Å². The first kappa shape index (κ1) is 14.3. The number of methoxy groups -OCH3 is 1. The molecule has 6 nitrogen and oxygen atoms in total. The minimum atomic E-state index is -0.419. The van der Waals surface area contributed by atoms with Crippen LogP contribution in [0.3, 0.4) is 0 Å². The number of hydrogen-bond acceptors (Lipinski definition) is 6. The van der Waals surface area contributed by atoms with E-state index in [1.54, 1.807) is 7.11 Å². The third kappa shape index (κ3) is 4.17. The molecule has 2 aromatic heterocycles. The van der Waals surface area contributed by atoms with E-state index in [0.29, 0.717) is 18.9 Å². The highest BCUT2D eigenvalue weighted by Gasteiger charge is 2.09. The Morgan fingerprint density at radius 2 is 2.37 bits per heavy atom. The molecule has 0 aromatic carbocycles. The van der Waals surface area contributed by atoms with Crippen molar-refractivity contribution in [1.29, 1.82) is 0 Å². The first-order valence-corrected chi connectivity index (χ1v) is 7.10. The number of ether oxygens (including phenoxy) is 1. The van der Waals surface area contributed by atoms with E-state index in [4.69, 9.17) is 4.74 Å². The average Bonchev–Trinajstić information content (AvgIpc) is 2.85. The number of nitrogens with zero attached hydrogens (tertiary/aromatic N) is 3. The van der Waals surface area contributed by atoms with Gasteiger partial charge in [0.25, 0.3) is 0 Å². The van der Waals surface area contributed by atoms with Gasteiger partial charge in [-0.1, -0.05) is 17.8 Å². The van der Waals surface area contributed by atoms with Gasteiger partial charge in [0.1, 0.15) is 0 Å². The predicted molar refractivity (Wildman–Crippen MR) is 74.5 cm³/mol. The number of rotatable bonds is 8. The molecule has 0 radical (unpaired) electrons. The van der Waals surface area contributed by atoms with Crippen LogP contribution in [0.5, 0.6) is 0 Å². The van der Waals surface area contributed by atoms with E-state index in [0.717, 1.165) is 17.3 Å². The van der Waals surface area contributed by atoms with Crippen molar-refractivity contribution in [3.63, 3.8) is 0 Å². The first-order valence-electron chi connectivity index (χ1n) is 6.11. The highest BCUT2D eigenvalue weighted by molar-refractivity contribution is 7.99. The maximum absolute atomic E-state index is 9.84. The molecule has 104 valence electrons. The Hall–Kier alpha value is -1.15. The highest BCUT2D eigenvalue weighted by atomic mass is 32.2. The number of fused-ring (bicyclic) bond motifs is 1. The second-order valence-electron chi connectivity index (χ2n) is 4.07. The molecule has 0 bridgehead atoms. The summed E-state index contributed by atoms with van der Waals surface area (Å²) in [5.41, 5.74) is 0.817. The summed E-state index contributed by atoms with van der Waals surface area (Å²) in [7, 11) is 1.66. The molecule has 7 heteroatoms. The lowest BCUT2D eigenvalue weighted by Crippen LogP contribution is -2.30. The Labute approximate surface area is 116 Å². The second-order valence-corrected chi connectivity index (χ2v) is 5.06. The van der Waals surface area contributed by atoms with Crippen LogP contribution in [0.2, 0.25) is 0 Å². The van der Waals surface area contributed by atoms with Crippen LogP contribution >= 0.6 is 11.8 Å². The summed E-state index contributed by atoms with van der Waals surface area (Å²) < 4.78 is 6.83. The smallest absolute Gasteiger partial charge is 0.195 e. The van der Waals surface area contributed by atoms with Gasteiger partial charge in [0.15, 0.2) is 10.8 Å². The number of aliphatic hydroxyl groups is 1. The van der Waals surface area contributed by atoms with Gasteiger partial charge in [-0.15, -0.1) is 10.2 Å². The summed E-state index contributed by atoms with van der Waals surface area (Å²) in [6.45, 7) is 1.94. The van der Waals surface area contributed by atoms with Crippen LogP contribution in [-0.2, 0) is 4.74 Å². The molecule has 0 saturated carbocycles. The van der Waals surface area contributed by atoms with Crippen molar-refractivity contribution in [2.24, 2.45) is 0 Å². The maximum atomic E-state index is 9.84. The van der Waals surface area contributed by atoms with Gasteiger partial charge < -0.3 is 15.2 Å². The Kier molecular flexibility index (Phi) is 5.59. The Morgan fingerprint density at radius 3 is 3.21 bits per heavy atom. The molecule has 1 unspecified atom stereocenters. The summed E-state index contributed by atoms with van der Waals surface area (Å²) in [5, 5.41) is 21.9. The quantitative estimate of drug-likeness (QED) is 0.540. The monoisotopic (exact) mass is 282 g/mol. The van der Waals surface area contributed by atoms with Crippen LogP contribution < -0.4 is 5.32 Å². The van der Waals surface area contributed by atoms with Gasteiger partial charge in [0, 0.05) is 32.1 Å². The highest BCUT2D eigenvalue weighted by Crippen LogP contribution is 2.17. The number of thioether (sulfide) groups is 1.